The van der Waals surface area contributed by atoms with Gasteiger partial charge in [0.05, 0.1) is 41.5 Å². The molecule has 1 aliphatic carbocycles. The Labute approximate surface area is 231 Å². The second-order valence-electron chi connectivity index (χ2n) is 10.7. The molecule has 0 atom stereocenters. The monoisotopic (exact) mass is 531 g/mol. The number of rotatable bonds is 6. The van der Waals surface area contributed by atoms with Gasteiger partial charge in [-0.15, -0.1) is 0 Å². The molecule has 1 aliphatic heterocycles. The van der Waals surface area contributed by atoms with Gasteiger partial charge in [0.2, 0.25) is 0 Å². The van der Waals surface area contributed by atoms with Crippen LogP contribution in [0.15, 0.2) is 79.5 Å². The van der Waals surface area contributed by atoms with E-state index in [1.165, 1.54) is 38.2 Å². The molecule has 2 aliphatic rings. The molecule has 0 saturated heterocycles. The number of nitrogens with zero attached hydrogens (tertiary/aromatic N) is 3. The fraction of sp³-hybridized carbons (Fsp3) is 0.219. The molecule has 40 heavy (non-hydrogen) atoms. The van der Waals surface area contributed by atoms with Gasteiger partial charge in [-0.2, -0.15) is 5.10 Å². The van der Waals surface area contributed by atoms with Crippen LogP contribution in [-0.4, -0.2) is 25.1 Å². The summed E-state index contributed by atoms with van der Waals surface area (Å²) in [5.74, 6) is 0.255. The van der Waals surface area contributed by atoms with Crippen molar-refractivity contribution < 1.29 is 4.39 Å². The molecule has 7 rings (SSSR count). The number of aromatic nitrogens is 5. The second-order valence-corrected chi connectivity index (χ2v) is 10.7. The molecule has 0 radical (unpaired) electrons. The predicted octanol–water partition coefficient (Wildman–Crippen LogP) is 7.15. The van der Waals surface area contributed by atoms with E-state index in [0.29, 0.717) is 12.5 Å². The topological polar surface area (TPSA) is 94.3 Å². The van der Waals surface area contributed by atoms with Crippen molar-refractivity contribution >= 4 is 22.2 Å². The van der Waals surface area contributed by atoms with Crippen LogP contribution in [0.1, 0.15) is 48.9 Å². The Morgan fingerprint density at radius 1 is 1.00 bits per heavy atom. The number of halogens is 1. The highest BCUT2D eigenvalue weighted by Crippen LogP contribution is 2.36. The van der Waals surface area contributed by atoms with Crippen LogP contribution >= 0.6 is 0 Å². The van der Waals surface area contributed by atoms with Gasteiger partial charge in [-0.1, -0.05) is 38.0 Å². The molecule has 5 aromatic rings. The molecule has 1 aromatic carbocycles. The Hall–Kier alpha value is -4.72. The number of hydrogen-bond acceptors (Lipinski definition) is 5. The lowest BCUT2D eigenvalue weighted by molar-refractivity contribution is 0.405. The quantitative estimate of drug-likeness (QED) is 0.187. The van der Waals surface area contributed by atoms with Gasteiger partial charge in [0, 0.05) is 45.9 Å². The SMILES string of the molecule is C=C(Nc1cncc(-c2cc3c(-c4cc5c([nH]4)CNC=C5c4cccc(F)c4)n[nH]c3cn2)c1)C1CCCCC1. The van der Waals surface area contributed by atoms with Crippen molar-refractivity contribution in [3.8, 4) is 22.6 Å². The lowest BCUT2D eigenvalue weighted by Gasteiger charge is -2.24. The average molecular weight is 532 g/mol. The van der Waals surface area contributed by atoms with Crippen molar-refractivity contribution in [2.24, 2.45) is 5.92 Å². The van der Waals surface area contributed by atoms with Crippen LogP contribution < -0.4 is 10.6 Å². The first kappa shape index (κ1) is 24.3. The summed E-state index contributed by atoms with van der Waals surface area (Å²) >= 11 is 0. The highest BCUT2D eigenvalue weighted by atomic mass is 19.1. The second kappa shape index (κ2) is 10.1. The van der Waals surface area contributed by atoms with E-state index in [1.807, 2.05) is 36.9 Å². The molecule has 0 unspecified atom stereocenters. The Kier molecular flexibility index (Phi) is 6.15. The van der Waals surface area contributed by atoms with E-state index in [2.05, 4.69) is 49.5 Å². The first-order valence-electron chi connectivity index (χ1n) is 13.8. The van der Waals surface area contributed by atoms with Gasteiger partial charge >= 0.3 is 0 Å². The number of H-pyrrole nitrogens is 2. The standard InChI is InChI=1S/C32H30FN7/c1-19(20-6-3-2-4-7-20)37-24-11-22(14-34-15-24)28-13-26-31(18-36-28)39-40-32(26)29-12-25-27(16-35-17-30(25)38-29)21-8-5-9-23(33)10-21/h5,8-16,18,20,35,37-38H,1-4,6-7,17H2,(H,39,40). The molecule has 200 valence electrons. The Morgan fingerprint density at radius 3 is 2.77 bits per heavy atom. The van der Waals surface area contributed by atoms with Gasteiger partial charge in [-0.3, -0.25) is 15.1 Å². The first-order chi connectivity index (χ1) is 19.6. The lowest BCUT2D eigenvalue weighted by atomic mass is 9.87. The van der Waals surface area contributed by atoms with Gasteiger partial charge < -0.3 is 15.6 Å². The zero-order chi connectivity index (χ0) is 27.1. The summed E-state index contributed by atoms with van der Waals surface area (Å²) in [6.45, 7) is 4.97. The Morgan fingerprint density at radius 2 is 1.90 bits per heavy atom. The van der Waals surface area contributed by atoms with Gasteiger partial charge in [0.25, 0.3) is 0 Å². The number of pyridine rings is 2. The lowest BCUT2D eigenvalue weighted by Crippen LogP contribution is -2.14. The normalized spacial score (nSPS) is 15.4. The number of allylic oxidation sites excluding steroid dienone is 1. The summed E-state index contributed by atoms with van der Waals surface area (Å²) in [7, 11) is 0. The van der Waals surface area contributed by atoms with Crippen LogP contribution in [-0.2, 0) is 6.54 Å². The van der Waals surface area contributed by atoms with E-state index in [0.717, 1.165) is 67.3 Å². The van der Waals surface area contributed by atoms with Crippen LogP contribution in [0.25, 0.3) is 39.1 Å². The first-order valence-corrected chi connectivity index (χ1v) is 13.8. The molecule has 8 heteroatoms. The van der Waals surface area contributed by atoms with Crippen molar-refractivity contribution in [3.05, 3.63) is 102 Å². The summed E-state index contributed by atoms with van der Waals surface area (Å²) in [6.07, 6.45) is 13.7. The van der Waals surface area contributed by atoms with Crippen molar-refractivity contribution in [1.29, 1.82) is 0 Å². The molecule has 0 spiro atoms. The maximum atomic E-state index is 14.0. The molecule has 5 heterocycles. The smallest absolute Gasteiger partial charge is 0.123 e. The average Bonchev–Trinajstić information content (AvgIpc) is 3.61. The summed E-state index contributed by atoms with van der Waals surface area (Å²) in [6, 6.07) is 12.9. The van der Waals surface area contributed by atoms with Gasteiger partial charge in [-0.25, -0.2) is 4.39 Å². The predicted molar refractivity (Wildman–Crippen MR) is 157 cm³/mol. The summed E-state index contributed by atoms with van der Waals surface area (Å²) < 4.78 is 14.0. The minimum absolute atomic E-state index is 0.258. The summed E-state index contributed by atoms with van der Waals surface area (Å²) in [5, 5.41) is 15.5. The van der Waals surface area contributed by atoms with Gasteiger partial charge in [-0.05, 0) is 54.7 Å². The van der Waals surface area contributed by atoms with E-state index in [1.54, 1.807) is 12.1 Å². The van der Waals surface area contributed by atoms with E-state index in [9.17, 15) is 4.39 Å². The molecule has 4 aromatic heterocycles. The zero-order valence-corrected chi connectivity index (χ0v) is 22.1. The molecule has 1 fully saturated rings. The van der Waals surface area contributed by atoms with Crippen molar-refractivity contribution in [1.82, 2.24) is 30.5 Å². The van der Waals surface area contributed by atoms with Gasteiger partial charge in [0.15, 0.2) is 0 Å². The van der Waals surface area contributed by atoms with Crippen molar-refractivity contribution in [2.75, 3.05) is 5.32 Å². The fourth-order valence-electron chi connectivity index (χ4n) is 5.90. The molecule has 0 amide bonds. The number of benzene rings is 1. The van der Waals surface area contributed by atoms with Crippen LogP contribution in [0.4, 0.5) is 10.1 Å². The minimum Gasteiger partial charge on any atom is -0.385 e. The maximum Gasteiger partial charge on any atom is 0.123 e. The Balaban J connectivity index is 1.20. The highest BCUT2D eigenvalue weighted by Gasteiger charge is 2.21. The molecular weight excluding hydrogens is 501 g/mol. The van der Waals surface area contributed by atoms with Crippen LogP contribution in [0.5, 0.6) is 0 Å². The Bertz CT molecular complexity index is 1760. The molecule has 1 saturated carbocycles. The summed E-state index contributed by atoms with van der Waals surface area (Å²) in [4.78, 5) is 12.7. The minimum atomic E-state index is -0.258. The fourth-order valence-corrected chi connectivity index (χ4v) is 5.90. The van der Waals surface area contributed by atoms with E-state index in [-0.39, 0.29) is 5.82 Å². The van der Waals surface area contributed by atoms with Crippen LogP contribution in [0, 0.1) is 11.7 Å². The van der Waals surface area contributed by atoms with E-state index < -0.39 is 0 Å². The number of aromatic amines is 2. The zero-order valence-electron chi connectivity index (χ0n) is 22.1. The largest absolute Gasteiger partial charge is 0.385 e. The van der Waals surface area contributed by atoms with E-state index >= 15 is 0 Å². The molecule has 7 nitrogen and oxygen atoms in total. The van der Waals surface area contributed by atoms with Crippen LogP contribution in [0.3, 0.4) is 0 Å². The summed E-state index contributed by atoms with van der Waals surface area (Å²) in [5.41, 5.74) is 10.1. The van der Waals surface area contributed by atoms with Gasteiger partial charge in [0.1, 0.15) is 11.5 Å². The number of anilines is 1. The third-order valence-corrected chi connectivity index (χ3v) is 7.99. The van der Waals surface area contributed by atoms with Crippen molar-refractivity contribution in [3.63, 3.8) is 0 Å². The number of hydrogen-bond donors (Lipinski definition) is 4. The number of fused-ring (bicyclic) bond motifs is 2. The number of nitrogens with one attached hydrogen (secondary N) is 4. The third-order valence-electron chi connectivity index (χ3n) is 7.99. The maximum absolute atomic E-state index is 14.0. The third kappa shape index (κ3) is 4.55. The van der Waals surface area contributed by atoms with Crippen molar-refractivity contribution in [2.45, 2.75) is 38.6 Å². The molecular formula is C32H30FN7. The van der Waals surface area contributed by atoms with Crippen LogP contribution in [0.2, 0.25) is 0 Å². The highest BCUT2D eigenvalue weighted by molar-refractivity contribution is 5.95. The van der Waals surface area contributed by atoms with E-state index in [4.69, 9.17) is 4.98 Å². The molecule has 0 bridgehead atoms. The molecule has 4 N–H and O–H groups in total.